The molecule has 1 aliphatic heterocycles. The molecule has 31 heavy (non-hydrogen) atoms. The molecule has 0 aliphatic carbocycles. The first-order valence-corrected chi connectivity index (χ1v) is 12.0. The van der Waals surface area contributed by atoms with E-state index >= 15 is 0 Å². The van der Waals surface area contributed by atoms with Gasteiger partial charge in [-0.2, -0.15) is 4.31 Å². The zero-order chi connectivity index (χ0) is 22.0. The Morgan fingerprint density at radius 1 is 1.06 bits per heavy atom. The quantitative estimate of drug-likeness (QED) is 0.622. The van der Waals surface area contributed by atoms with E-state index in [0.29, 0.717) is 12.5 Å². The van der Waals surface area contributed by atoms with Gasteiger partial charge in [0, 0.05) is 17.9 Å². The number of sulfonamides is 1. The predicted molar refractivity (Wildman–Crippen MR) is 122 cm³/mol. The minimum absolute atomic E-state index is 0.00880. The summed E-state index contributed by atoms with van der Waals surface area (Å²) in [5.74, 6) is 0.532. The van der Waals surface area contributed by atoms with Crippen molar-refractivity contribution in [1.82, 2.24) is 19.3 Å². The Labute approximate surface area is 183 Å². The number of hydrogen-bond acceptors (Lipinski definition) is 6. The lowest BCUT2D eigenvalue weighted by Gasteiger charge is -2.24. The summed E-state index contributed by atoms with van der Waals surface area (Å²) in [6.45, 7) is 6.34. The Morgan fingerprint density at radius 2 is 1.84 bits per heavy atom. The first kappa shape index (κ1) is 21.4. The van der Waals surface area contributed by atoms with Gasteiger partial charge in [-0.25, -0.2) is 18.4 Å². The number of nitrogens with one attached hydrogen (secondary N) is 1. The molecule has 162 valence electrons. The van der Waals surface area contributed by atoms with Crippen molar-refractivity contribution in [3.8, 4) is 0 Å². The lowest BCUT2D eigenvalue weighted by molar-refractivity contribution is 0.390. The lowest BCUT2D eigenvalue weighted by atomic mass is 10.1. The maximum Gasteiger partial charge on any atom is 0.227 e. The van der Waals surface area contributed by atoms with Crippen molar-refractivity contribution in [3.63, 3.8) is 0 Å². The van der Waals surface area contributed by atoms with Gasteiger partial charge in [-0.15, -0.1) is 0 Å². The van der Waals surface area contributed by atoms with E-state index in [1.54, 1.807) is 10.5 Å². The molecule has 8 heteroatoms. The largest absolute Gasteiger partial charge is 0.323 e. The Bertz CT molecular complexity index is 1160. The van der Waals surface area contributed by atoms with Crippen molar-refractivity contribution in [1.29, 1.82) is 0 Å². The number of benzene rings is 1. The van der Waals surface area contributed by atoms with Crippen LogP contribution in [0.25, 0.3) is 0 Å². The molecule has 1 N–H and O–H groups in total. The normalized spacial score (nSPS) is 17.1. The summed E-state index contributed by atoms with van der Waals surface area (Å²) in [6.07, 6.45) is 3.31. The minimum Gasteiger partial charge on any atom is -0.323 e. The van der Waals surface area contributed by atoms with Gasteiger partial charge in [-0.3, -0.25) is 4.98 Å². The molecule has 3 aromatic rings. The number of pyridine rings is 1. The molecule has 1 aromatic carbocycles. The van der Waals surface area contributed by atoms with E-state index in [4.69, 9.17) is 0 Å². The topological polar surface area (TPSA) is 88.1 Å². The Hall–Kier alpha value is -2.84. The molecule has 0 amide bonds. The summed E-state index contributed by atoms with van der Waals surface area (Å²) in [5.41, 5.74) is 5.17. The molecular formula is C23H27N5O2S. The molecule has 0 saturated carbocycles. The van der Waals surface area contributed by atoms with Crippen molar-refractivity contribution < 1.29 is 8.42 Å². The maximum atomic E-state index is 13.1. The Morgan fingerprint density at radius 3 is 2.52 bits per heavy atom. The van der Waals surface area contributed by atoms with Crippen LogP contribution >= 0.6 is 0 Å². The average Bonchev–Trinajstić information content (AvgIpc) is 3.18. The molecule has 4 rings (SSSR count). The van der Waals surface area contributed by atoms with Gasteiger partial charge in [0.25, 0.3) is 0 Å². The van der Waals surface area contributed by atoms with E-state index in [1.807, 2.05) is 63.2 Å². The van der Waals surface area contributed by atoms with Crippen LogP contribution in [0.4, 0.5) is 11.6 Å². The molecule has 0 unspecified atom stereocenters. The summed E-state index contributed by atoms with van der Waals surface area (Å²) >= 11 is 0. The van der Waals surface area contributed by atoms with Crippen molar-refractivity contribution in [2.75, 3.05) is 11.9 Å². The Kier molecular flexibility index (Phi) is 6.02. The van der Waals surface area contributed by atoms with Crippen LogP contribution in [0.1, 0.15) is 47.1 Å². The van der Waals surface area contributed by atoms with E-state index in [-0.39, 0.29) is 11.8 Å². The van der Waals surface area contributed by atoms with Crippen LogP contribution in [0.3, 0.4) is 0 Å². The molecule has 0 bridgehead atoms. The molecule has 7 nitrogen and oxygen atoms in total. The van der Waals surface area contributed by atoms with Gasteiger partial charge in [-0.05, 0) is 57.4 Å². The summed E-state index contributed by atoms with van der Waals surface area (Å²) in [7, 11) is -3.44. The second-order valence-corrected chi connectivity index (χ2v) is 10.0. The second-order valence-electron chi connectivity index (χ2n) is 8.09. The standard InChI is InChI=1S/C23H27N5O2S/c1-16-6-4-7-19(12-16)15-31(29,30)28-11-5-8-22(28)21-10-9-20(14-24-21)27-23-25-17(2)13-18(3)26-23/h4,6-7,9-10,12-14,22H,5,8,11,15H2,1-3H3,(H,25,26,27)/t22-/m0/s1. The monoisotopic (exact) mass is 437 g/mol. The summed E-state index contributed by atoms with van der Waals surface area (Å²) in [4.78, 5) is 13.3. The van der Waals surface area contributed by atoms with E-state index in [0.717, 1.165) is 46.7 Å². The van der Waals surface area contributed by atoms with Crippen molar-refractivity contribution >= 4 is 21.7 Å². The van der Waals surface area contributed by atoms with Crippen LogP contribution in [-0.4, -0.2) is 34.2 Å². The zero-order valence-electron chi connectivity index (χ0n) is 18.0. The minimum atomic E-state index is -3.44. The van der Waals surface area contributed by atoms with Crippen LogP contribution in [0.15, 0.2) is 48.7 Å². The van der Waals surface area contributed by atoms with E-state index in [2.05, 4.69) is 20.3 Å². The highest BCUT2D eigenvalue weighted by Crippen LogP contribution is 2.34. The number of aryl methyl sites for hydroxylation is 3. The van der Waals surface area contributed by atoms with E-state index in [1.165, 1.54) is 0 Å². The highest BCUT2D eigenvalue weighted by molar-refractivity contribution is 7.88. The average molecular weight is 438 g/mol. The van der Waals surface area contributed by atoms with Crippen molar-refractivity contribution in [2.45, 2.75) is 45.4 Å². The third kappa shape index (κ3) is 5.08. The van der Waals surface area contributed by atoms with Gasteiger partial charge >= 0.3 is 0 Å². The predicted octanol–water partition coefficient (Wildman–Crippen LogP) is 4.21. The van der Waals surface area contributed by atoms with Crippen LogP contribution in [-0.2, 0) is 15.8 Å². The van der Waals surface area contributed by atoms with E-state index < -0.39 is 10.0 Å². The number of nitrogens with zero attached hydrogens (tertiary/aromatic N) is 4. The van der Waals surface area contributed by atoms with Gasteiger partial charge in [0.15, 0.2) is 0 Å². The molecular weight excluding hydrogens is 410 g/mol. The SMILES string of the molecule is Cc1cccc(CS(=O)(=O)N2CCC[C@H]2c2ccc(Nc3nc(C)cc(C)n3)cn2)c1. The van der Waals surface area contributed by atoms with Crippen LogP contribution in [0.2, 0.25) is 0 Å². The van der Waals surface area contributed by atoms with Crippen LogP contribution in [0, 0.1) is 20.8 Å². The second kappa shape index (κ2) is 8.72. The molecule has 1 fully saturated rings. The highest BCUT2D eigenvalue weighted by atomic mass is 32.2. The third-order valence-electron chi connectivity index (χ3n) is 5.36. The number of anilines is 2. The molecule has 1 saturated heterocycles. The summed E-state index contributed by atoms with van der Waals surface area (Å²) in [5, 5.41) is 3.17. The molecule has 1 aliphatic rings. The third-order valence-corrected chi connectivity index (χ3v) is 7.21. The zero-order valence-corrected chi connectivity index (χ0v) is 18.9. The molecule has 3 heterocycles. The Balaban J connectivity index is 1.50. The molecule has 0 radical (unpaired) electrons. The van der Waals surface area contributed by atoms with Gasteiger partial charge in [0.1, 0.15) is 0 Å². The van der Waals surface area contributed by atoms with Gasteiger partial charge < -0.3 is 5.32 Å². The fraction of sp³-hybridized carbons (Fsp3) is 0.348. The molecule has 2 aromatic heterocycles. The summed E-state index contributed by atoms with van der Waals surface area (Å²) < 4.78 is 27.9. The maximum absolute atomic E-state index is 13.1. The first-order chi connectivity index (χ1) is 14.8. The van der Waals surface area contributed by atoms with Crippen molar-refractivity contribution in [2.24, 2.45) is 0 Å². The molecule has 1 atom stereocenters. The van der Waals surface area contributed by atoms with Gasteiger partial charge in [0.2, 0.25) is 16.0 Å². The van der Waals surface area contributed by atoms with Gasteiger partial charge in [-0.1, -0.05) is 29.8 Å². The number of hydrogen-bond donors (Lipinski definition) is 1. The van der Waals surface area contributed by atoms with E-state index in [9.17, 15) is 8.42 Å². The molecule has 0 spiro atoms. The fourth-order valence-corrected chi connectivity index (χ4v) is 5.83. The van der Waals surface area contributed by atoms with Crippen molar-refractivity contribution in [3.05, 3.63) is 76.9 Å². The summed E-state index contributed by atoms with van der Waals surface area (Å²) in [6, 6.07) is 13.1. The number of rotatable bonds is 6. The smallest absolute Gasteiger partial charge is 0.227 e. The van der Waals surface area contributed by atoms with Crippen LogP contribution in [0.5, 0.6) is 0 Å². The fourth-order valence-electron chi connectivity index (χ4n) is 4.05. The van der Waals surface area contributed by atoms with Crippen LogP contribution < -0.4 is 5.32 Å². The first-order valence-electron chi connectivity index (χ1n) is 10.4. The lowest BCUT2D eigenvalue weighted by Crippen LogP contribution is -2.32. The number of aromatic nitrogens is 3. The van der Waals surface area contributed by atoms with Gasteiger partial charge in [0.05, 0.1) is 29.4 Å². The highest BCUT2D eigenvalue weighted by Gasteiger charge is 2.35.